The van der Waals surface area contributed by atoms with Crippen LogP contribution < -0.4 is 14.8 Å². The summed E-state index contributed by atoms with van der Waals surface area (Å²) in [6, 6.07) is 5.76. The summed E-state index contributed by atoms with van der Waals surface area (Å²) < 4.78 is 13.2. The Bertz CT molecular complexity index is 927. The molecule has 8 nitrogen and oxygen atoms in total. The van der Waals surface area contributed by atoms with Gasteiger partial charge in [0.15, 0.2) is 27.6 Å². The first-order valence-corrected chi connectivity index (χ1v) is 10.5. The van der Waals surface area contributed by atoms with E-state index in [9.17, 15) is 4.79 Å². The molecule has 0 saturated heterocycles. The quantitative estimate of drug-likeness (QED) is 0.532. The van der Waals surface area contributed by atoms with E-state index < -0.39 is 0 Å². The van der Waals surface area contributed by atoms with Crippen molar-refractivity contribution in [1.82, 2.24) is 19.7 Å². The highest BCUT2D eigenvalue weighted by molar-refractivity contribution is 7.99. The van der Waals surface area contributed by atoms with Gasteiger partial charge in [0.2, 0.25) is 5.91 Å². The Balaban J connectivity index is 1.61. The molecule has 28 heavy (non-hydrogen) atoms. The molecule has 2 heterocycles. The average molecular weight is 420 g/mol. The maximum atomic E-state index is 12.0. The van der Waals surface area contributed by atoms with Gasteiger partial charge in [-0.2, -0.15) is 0 Å². The minimum absolute atomic E-state index is 0.132. The van der Waals surface area contributed by atoms with Crippen LogP contribution in [0.2, 0.25) is 0 Å². The Labute approximate surface area is 171 Å². The van der Waals surface area contributed by atoms with Crippen LogP contribution in [0, 0.1) is 6.92 Å². The number of anilines is 1. The molecule has 2 aromatic heterocycles. The lowest BCUT2D eigenvalue weighted by Gasteiger charge is -2.12. The van der Waals surface area contributed by atoms with Gasteiger partial charge in [0.25, 0.3) is 0 Å². The molecule has 0 saturated carbocycles. The minimum Gasteiger partial charge on any atom is -0.493 e. The van der Waals surface area contributed by atoms with Crippen LogP contribution in [-0.2, 0) is 17.9 Å². The second-order valence-corrected chi connectivity index (χ2v) is 7.60. The summed E-state index contributed by atoms with van der Waals surface area (Å²) in [5.41, 5.74) is 1.09. The van der Waals surface area contributed by atoms with Crippen LogP contribution in [0.1, 0.15) is 18.3 Å². The van der Waals surface area contributed by atoms with Gasteiger partial charge in [-0.15, -0.1) is 21.5 Å². The molecule has 0 aliphatic carbocycles. The van der Waals surface area contributed by atoms with Crippen LogP contribution in [0.5, 0.6) is 11.5 Å². The number of aryl methyl sites for hydroxylation is 1. The van der Waals surface area contributed by atoms with Crippen molar-refractivity contribution in [3.05, 3.63) is 41.2 Å². The van der Waals surface area contributed by atoms with E-state index in [1.807, 2.05) is 42.0 Å². The van der Waals surface area contributed by atoms with Crippen LogP contribution in [0.3, 0.4) is 0 Å². The van der Waals surface area contributed by atoms with Crippen LogP contribution >= 0.6 is 23.1 Å². The summed E-state index contributed by atoms with van der Waals surface area (Å²) in [6.07, 6.45) is 1.65. The van der Waals surface area contributed by atoms with Crippen molar-refractivity contribution in [3.8, 4) is 11.5 Å². The Hall–Kier alpha value is -2.59. The summed E-state index contributed by atoms with van der Waals surface area (Å²) >= 11 is 2.71. The molecule has 0 spiro atoms. The van der Waals surface area contributed by atoms with Crippen molar-refractivity contribution in [3.63, 3.8) is 0 Å². The molecule has 0 radical (unpaired) electrons. The first-order valence-electron chi connectivity index (χ1n) is 8.62. The first-order chi connectivity index (χ1) is 13.6. The molecule has 0 atom stereocenters. The number of thioether (sulfide) groups is 1. The number of carbonyl (C=O) groups is 1. The Kier molecular flexibility index (Phi) is 6.88. The Morgan fingerprint density at radius 1 is 1.32 bits per heavy atom. The van der Waals surface area contributed by atoms with E-state index in [1.165, 1.54) is 23.1 Å². The molecule has 0 bridgehead atoms. The molecular weight excluding hydrogens is 398 g/mol. The van der Waals surface area contributed by atoms with Gasteiger partial charge in [-0.05, 0) is 31.5 Å². The second kappa shape index (κ2) is 9.56. The van der Waals surface area contributed by atoms with Gasteiger partial charge < -0.3 is 19.4 Å². The fraction of sp³-hybridized carbons (Fsp3) is 0.333. The maximum Gasteiger partial charge on any atom is 0.236 e. The molecule has 10 heteroatoms. The standard InChI is InChI=1S/C18H21N5O3S2/c1-4-23-15(10-26-13-6-5-12(2)9-14(13)25-3)21-22-18(23)28-11-16(24)20-17-19-7-8-27-17/h5-9H,4,10-11H2,1-3H3,(H,19,20,24). The molecule has 1 N–H and O–H groups in total. The topological polar surface area (TPSA) is 91.2 Å². The average Bonchev–Trinajstić information content (AvgIpc) is 3.34. The monoisotopic (exact) mass is 419 g/mol. The second-order valence-electron chi connectivity index (χ2n) is 5.76. The molecule has 1 aromatic carbocycles. The number of ether oxygens (including phenoxy) is 2. The van der Waals surface area contributed by atoms with Crippen LogP contribution in [0.25, 0.3) is 0 Å². The van der Waals surface area contributed by atoms with Crippen molar-refractivity contribution in [2.24, 2.45) is 0 Å². The summed E-state index contributed by atoms with van der Waals surface area (Å²) in [5, 5.41) is 14.2. The minimum atomic E-state index is -0.132. The molecule has 1 amide bonds. The summed E-state index contributed by atoms with van der Waals surface area (Å²) in [6.45, 7) is 4.92. The highest BCUT2D eigenvalue weighted by atomic mass is 32.2. The molecule has 3 rings (SSSR count). The molecule has 0 unspecified atom stereocenters. The number of benzene rings is 1. The number of nitrogens with one attached hydrogen (secondary N) is 1. The highest BCUT2D eigenvalue weighted by Gasteiger charge is 2.15. The normalized spacial score (nSPS) is 10.7. The van der Waals surface area contributed by atoms with Crippen molar-refractivity contribution in [1.29, 1.82) is 0 Å². The molecule has 148 valence electrons. The summed E-state index contributed by atoms with van der Waals surface area (Å²) in [5.74, 6) is 2.11. The fourth-order valence-corrected chi connectivity index (χ4v) is 3.82. The summed E-state index contributed by atoms with van der Waals surface area (Å²) in [7, 11) is 1.61. The molecular formula is C18H21N5O3S2. The van der Waals surface area contributed by atoms with Gasteiger partial charge in [0.05, 0.1) is 12.9 Å². The predicted octanol–water partition coefficient (Wildman–Crippen LogP) is 3.38. The van der Waals surface area contributed by atoms with Crippen LogP contribution in [0.15, 0.2) is 34.9 Å². The number of hydrogen-bond acceptors (Lipinski definition) is 8. The van der Waals surface area contributed by atoms with Crippen molar-refractivity contribution < 1.29 is 14.3 Å². The van der Waals surface area contributed by atoms with E-state index in [1.54, 1.807) is 13.3 Å². The van der Waals surface area contributed by atoms with E-state index in [0.717, 1.165) is 5.56 Å². The Morgan fingerprint density at radius 2 is 2.18 bits per heavy atom. The lowest BCUT2D eigenvalue weighted by Crippen LogP contribution is -2.14. The maximum absolute atomic E-state index is 12.0. The van der Waals surface area contributed by atoms with E-state index in [2.05, 4.69) is 20.5 Å². The number of methoxy groups -OCH3 is 1. The number of rotatable bonds is 9. The summed E-state index contributed by atoms with van der Waals surface area (Å²) in [4.78, 5) is 16.1. The van der Waals surface area contributed by atoms with E-state index in [0.29, 0.717) is 34.2 Å². The fourth-order valence-electron chi connectivity index (χ4n) is 2.46. The van der Waals surface area contributed by atoms with Gasteiger partial charge in [0.1, 0.15) is 6.61 Å². The highest BCUT2D eigenvalue weighted by Crippen LogP contribution is 2.28. The van der Waals surface area contributed by atoms with E-state index in [-0.39, 0.29) is 18.3 Å². The van der Waals surface area contributed by atoms with Crippen molar-refractivity contribution in [2.45, 2.75) is 32.2 Å². The number of hydrogen-bond donors (Lipinski definition) is 1. The molecule has 0 fully saturated rings. The molecule has 3 aromatic rings. The third-order valence-corrected chi connectivity index (χ3v) is 5.45. The zero-order chi connectivity index (χ0) is 19.9. The Morgan fingerprint density at radius 3 is 2.89 bits per heavy atom. The zero-order valence-electron chi connectivity index (χ0n) is 15.8. The smallest absolute Gasteiger partial charge is 0.236 e. The SMILES string of the molecule is CCn1c(COc2ccc(C)cc2OC)nnc1SCC(=O)Nc1nccs1. The number of thiazole rings is 1. The van der Waals surface area contributed by atoms with Crippen molar-refractivity contribution in [2.75, 3.05) is 18.2 Å². The van der Waals surface area contributed by atoms with Gasteiger partial charge in [-0.3, -0.25) is 4.79 Å². The van der Waals surface area contributed by atoms with Gasteiger partial charge in [-0.1, -0.05) is 17.8 Å². The number of carbonyl (C=O) groups excluding carboxylic acids is 1. The number of nitrogens with zero attached hydrogens (tertiary/aromatic N) is 4. The zero-order valence-corrected chi connectivity index (χ0v) is 17.5. The van der Waals surface area contributed by atoms with Crippen LogP contribution in [-0.4, -0.2) is 38.5 Å². The lowest BCUT2D eigenvalue weighted by atomic mass is 10.2. The molecule has 0 aliphatic rings. The number of amides is 1. The van der Waals surface area contributed by atoms with Crippen molar-refractivity contribution >= 4 is 34.1 Å². The van der Waals surface area contributed by atoms with E-state index >= 15 is 0 Å². The largest absolute Gasteiger partial charge is 0.493 e. The van der Waals surface area contributed by atoms with E-state index in [4.69, 9.17) is 9.47 Å². The van der Waals surface area contributed by atoms with Gasteiger partial charge >= 0.3 is 0 Å². The van der Waals surface area contributed by atoms with Gasteiger partial charge in [0, 0.05) is 18.1 Å². The third-order valence-electron chi connectivity index (χ3n) is 3.80. The van der Waals surface area contributed by atoms with Crippen LogP contribution in [0.4, 0.5) is 5.13 Å². The number of aromatic nitrogens is 4. The lowest BCUT2D eigenvalue weighted by molar-refractivity contribution is -0.113. The van der Waals surface area contributed by atoms with Gasteiger partial charge in [-0.25, -0.2) is 4.98 Å². The first kappa shape index (κ1) is 20.2. The predicted molar refractivity (Wildman–Crippen MR) is 109 cm³/mol. The third kappa shape index (κ3) is 5.02. The molecule has 0 aliphatic heterocycles.